The molecule has 1 fully saturated rings. The van der Waals surface area contributed by atoms with Crippen molar-refractivity contribution in [1.29, 1.82) is 0 Å². The molecule has 7 nitrogen and oxygen atoms in total. The van der Waals surface area contributed by atoms with Crippen LogP contribution in [0.25, 0.3) is 0 Å². The zero-order valence-corrected chi connectivity index (χ0v) is 14.2. The molecule has 0 aromatic heterocycles. The van der Waals surface area contributed by atoms with Gasteiger partial charge in [0.25, 0.3) is 0 Å². The van der Waals surface area contributed by atoms with Gasteiger partial charge in [-0.1, -0.05) is 0 Å². The normalized spacial score (nSPS) is 20.5. The van der Waals surface area contributed by atoms with Crippen molar-refractivity contribution >= 4 is 20.0 Å². The maximum Gasteiger partial charge on any atom is 0.240 e. The first kappa shape index (κ1) is 18.3. The quantitative estimate of drug-likeness (QED) is 0.774. The molecule has 0 radical (unpaired) electrons. The van der Waals surface area contributed by atoms with Crippen LogP contribution in [0.1, 0.15) is 6.92 Å². The highest BCUT2D eigenvalue weighted by molar-refractivity contribution is 7.90. The molecule has 1 aliphatic heterocycles. The maximum absolute atomic E-state index is 12.8. The van der Waals surface area contributed by atoms with Crippen LogP contribution in [0.4, 0.5) is 4.39 Å². The number of benzene rings is 1. The first-order valence-corrected chi connectivity index (χ1v) is 10.1. The number of nitrogens with zero attached hydrogens (tertiary/aromatic N) is 1. The molecule has 10 heteroatoms. The topological polar surface area (TPSA) is 92.8 Å². The van der Waals surface area contributed by atoms with E-state index in [4.69, 9.17) is 4.74 Å². The van der Waals surface area contributed by atoms with Crippen LogP contribution < -0.4 is 4.72 Å². The van der Waals surface area contributed by atoms with Gasteiger partial charge in [-0.05, 0) is 31.2 Å². The third kappa shape index (κ3) is 4.95. The van der Waals surface area contributed by atoms with Crippen LogP contribution >= 0.6 is 0 Å². The summed E-state index contributed by atoms with van der Waals surface area (Å²) in [4.78, 5) is -0.115. The van der Waals surface area contributed by atoms with Crippen molar-refractivity contribution in [1.82, 2.24) is 9.03 Å². The second-order valence-electron chi connectivity index (χ2n) is 5.21. The van der Waals surface area contributed by atoms with Gasteiger partial charge < -0.3 is 4.74 Å². The molecule has 1 aromatic rings. The predicted octanol–water partition coefficient (Wildman–Crippen LogP) is 0.154. The summed E-state index contributed by atoms with van der Waals surface area (Å²) in [5.41, 5.74) is 0. The van der Waals surface area contributed by atoms with Crippen LogP contribution in [0.2, 0.25) is 0 Å². The van der Waals surface area contributed by atoms with E-state index < -0.39 is 25.9 Å². The summed E-state index contributed by atoms with van der Waals surface area (Å²) in [6, 6.07) is 4.30. The summed E-state index contributed by atoms with van der Waals surface area (Å²) < 4.78 is 70.0. The Morgan fingerprint density at radius 3 is 2.52 bits per heavy atom. The average molecular weight is 366 g/mol. The van der Waals surface area contributed by atoms with E-state index in [1.165, 1.54) is 4.31 Å². The highest BCUT2D eigenvalue weighted by Crippen LogP contribution is 2.11. The fourth-order valence-corrected chi connectivity index (χ4v) is 4.74. The van der Waals surface area contributed by atoms with Gasteiger partial charge in [-0.25, -0.2) is 25.9 Å². The maximum atomic E-state index is 12.8. The van der Waals surface area contributed by atoms with Crippen molar-refractivity contribution in [3.8, 4) is 0 Å². The first-order chi connectivity index (χ1) is 10.7. The van der Waals surface area contributed by atoms with E-state index in [9.17, 15) is 21.2 Å². The minimum absolute atomic E-state index is 0.115. The van der Waals surface area contributed by atoms with Crippen LogP contribution in [-0.4, -0.2) is 59.2 Å². The lowest BCUT2D eigenvalue weighted by Gasteiger charge is -2.30. The molecule has 1 N–H and O–H groups in total. The van der Waals surface area contributed by atoms with Gasteiger partial charge in [0.1, 0.15) is 5.82 Å². The van der Waals surface area contributed by atoms with E-state index in [1.54, 1.807) is 6.92 Å². The third-order valence-corrected chi connectivity index (χ3v) is 6.69. The van der Waals surface area contributed by atoms with Gasteiger partial charge in [0.05, 0.1) is 23.4 Å². The van der Waals surface area contributed by atoms with Crippen molar-refractivity contribution < 1.29 is 26.0 Å². The smallest absolute Gasteiger partial charge is 0.240 e. The number of hydrogen-bond donors (Lipinski definition) is 1. The number of nitrogens with one attached hydrogen (secondary N) is 1. The molecule has 0 saturated carbocycles. The molecule has 1 saturated heterocycles. The van der Waals surface area contributed by atoms with Gasteiger partial charge in [-0.15, -0.1) is 0 Å². The van der Waals surface area contributed by atoms with Crippen molar-refractivity contribution in [3.05, 3.63) is 30.1 Å². The lowest BCUT2D eigenvalue weighted by atomic mass is 10.3. The number of morpholine rings is 1. The molecule has 0 amide bonds. The van der Waals surface area contributed by atoms with Gasteiger partial charge >= 0.3 is 0 Å². The Hall–Kier alpha value is -1.07. The standard InChI is InChI=1S/C13H19FN2O5S2/c1-11-10-16(7-8-21-11)22(17,18)9-6-15-23(19,20)13-4-2-12(14)3-5-13/h2-5,11,15H,6-10H2,1H3. The number of sulfonamides is 2. The van der Waals surface area contributed by atoms with Gasteiger partial charge in [-0.2, -0.15) is 4.31 Å². The first-order valence-electron chi connectivity index (χ1n) is 7.05. The monoisotopic (exact) mass is 366 g/mol. The fraction of sp³-hybridized carbons (Fsp3) is 0.538. The number of hydrogen-bond acceptors (Lipinski definition) is 5. The molecular formula is C13H19FN2O5S2. The second-order valence-corrected chi connectivity index (χ2v) is 9.06. The Kier molecular flexibility index (Phi) is 5.74. The van der Waals surface area contributed by atoms with E-state index in [1.807, 2.05) is 0 Å². The fourth-order valence-electron chi connectivity index (χ4n) is 2.17. The van der Waals surface area contributed by atoms with Crippen molar-refractivity contribution in [2.24, 2.45) is 0 Å². The second kappa shape index (κ2) is 7.22. The van der Waals surface area contributed by atoms with Crippen LogP contribution in [-0.2, 0) is 24.8 Å². The summed E-state index contributed by atoms with van der Waals surface area (Å²) in [7, 11) is -7.43. The van der Waals surface area contributed by atoms with E-state index in [0.717, 1.165) is 24.3 Å². The largest absolute Gasteiger partial charge is 0.376 e. The van der Waals surface area contributed by atoms with Crippen molar-refractivity contribution in [2.75, 3.05) is 32.0 Å². The van der Waals surface area contributed by atoms with Gasteiger partial charge in [0.15, 0.2) is 0 Å². The van der Waals surface area contributed by atoms with Crippen molar-refractivity contribution in [2.45, 2.75) is 17.9 Å². The molecule has 1 unspecified atom stereocenters. The van der Waals surface area contributed by atoms with E-state index in [-0.39, 0.29) is 36.4 Å². The molecule has 1 aliphatic rings. The number of ether oxygens (including phenoxy) is 1. The highest BCUT2D eigenvalue weighted by atomic mass is 32.2. The summed E-state index contributed by atoms with van der Waals surface area (Å²) in [6.45, 7) is 2.36. The molecular weight excluding hydrogens is 347 g/mol. The van der Waals surface area contributed by atoms with Gasteiger partial charge in [0, 0.05) is 19.6 Å². The summed E-state index contributed by atoms with van der Waals surface area (Å²) in [5.74, 6) is -0.895. The van der Waals surface area contributed by atoms with Crippen LogP contribution in [0.5, 0.6) is 0 Å². The Labute approximate surface area is 135 Å². The van der Waals surface area contributed by atoms with Gasteiger partial charge in [0.2, 0.25) is 20.0 Å². The average Bonchev–Trinajstić information content (AvgIpc) is 2.47. The lowest BCUT2D eigenvalue weighted by Crippen LogP contribution is -2.46. The van der Waals surface area contributed by atoms with Crippen LogP contribution in [0.15, 0.2) is 29.2 Å². The summed E-state index contributed by atoms with van der Waals surface area (Å²) >= 11 is 0. The SMILES string of the molecule is CC1CN(S(=O)(=O)CCNS(=O)(=O)c2ccc(F)cc2)CCO1. The number of rotatable bonds is 6. The molecule has 0 aliphatic carbocycles. The Bertz CT molecular complexity index is 734. The van der Waals surface area contributed by atoms with Crippen LogP contribution in [0, 0.1) is 5.82 Å². The van der Waals surface area contributed by atoms with E-state index in [0.29, 0.717) is 6.61 Å². The Balaban J connectivity index is 1.94. The minimum atomic E-state index is -3.87. The van der Waals surface area contributed by atoms with E-state index in [2.05, 4.69) is 4.72 Å². The number of halogens is 1. The van der Waals surface area contributed by atoms with Crippen LogP contribution in [0.3, 0.4) is 0 Å². The van der Waals surface area contributed by atoms with Crippen molar-refractivity contribution in [3.63, 3.8) is 0 Å². The predicted molar refractivity (Wildman–Crippen MR) is 82.4 cm³/mol. The molecule has 1 heterocycles. The Morgan fingerprint density at radius 2 is 1.91 bits per heavy atom. The molecule has 1 atom stereocenters. The summed E-state index contributed by atoms with van der Waals surface area (Å²) in [5, 5.41) is 0. The molecule has 23 heavy (non-hydrogen) atoms. The van der Waals surface area contributed by atoms with Gasteiger partial charge in [-0.3, -0.25) is 0 Å². The minimum Gasteiger partial charge on any atom is -0.376 e. The molecule has 0 spiro atoms. The molecule has 2 rings (SSSR count). The molecule has 130 valence electrons. The molecule has 1 aromatic carbocycles. The summed E-state index contributed by atoms with van der Waals surface area (Å²) in [6.07, 6.45) is -0.186. The zero-order chi connectivity index (χ0) is 17.1. The van der Waals surface area contributed by atoms with E-state index >= 15 is 0 Å². The molecule has 0 bridgehead atoms. The lowest BCUT2D eigenvalue weighted by molar-refractivity contribution is 0.0102. The highest BCUT2D eigenvalue weighted by Gasteiger charge is 2.27. The Morgan fingerprint density at radius 1 is 1.26 bits per heavy atom. The third-order valence-electron chi connectivity index (χ3n) is 3.37. The zero-order valence-electron chi connectivity index (χ0n) is 12.6.